The molecule has 0 saturated carbocycles. The number of nitrogens with zero attached hydrogens (tertiary/aromatic N) is 1. The van der Waals surface area contributed by atoms with E-state index in [0.29, 0.717) is 18.3 Å². The van der Waals surface area contributed by atoms with Crippen LogP contribution in [-0.2, 0) is 31.6 Å². The molecule has 1 aromatic rings. The van der Waals surface area contributed by atoms with Crippen molar-refractivity contribution in [1.29, 1.82) is 0 Å². The van der Waals surface area contributed by atoms with Gasteiger partial charge in [-0.2, -0.15) is 17.4 Å². The molecule has 3 unspecified atom stereocenters. The van der Waals surface area contributed by atoms with Crippen molar-refractivity contribution in [2.45, 2.75) is 23.9 Å². The predicted molar refractivity (Wildman–Crippen MR) is 95.1 cm³/mol. The summed E-state index contributed by atoms with van der Waals surface area (Å²) in [5.41, 5.74) is -5.02. The fourth-order valence-corrected chi connectivity index (χ4v) is 5.54. The number of H-pyrrole nitrogens is 1. The molecule has 16 nitrogen and oxygen atoms in total. The van der Waals surface area contributed by atoms with Crippen LogP contribution in [-0.4, -0.2) is 58.5 Å². The summed E-state index contributed by atoms with van der Waals surface area (Å²) in [6, 6.07) is 0.688. The summed E-state index contributed by atoms with van der Waals surface area (Å²) < 4.78 is 79.4. The third-order valence-electron chi connectivity index (χ3n) is 3.81. The van der Waals surface area contributed by atoms with E-state index >= 15 is 0 Å². The highest BCUT2D eigenvalue weighted by molar-refractivity contribution is 7.66. The molecule has 1 aliphatic rings. The third kappa shape index (κ3) is 5.94. The van der Waals surface area contributed by atoms with Crippen molar-refractivity contribution in [2.75, 3.05) is 6.61 Å². The van der Waals surface area contributed by atoms with Crippen molar-refractivity contribution in [3.63, 3.8) is 0 Å². The van der Waals surface area contributed by atoms with Crippen LogP contribution in [0.25, 0.3) is 0 Å². The highest BCUT2D eigenvalue weighted by atomic mass is 31.3. The Hall–Kier alpha value is -1.39. The molecule has 6 N–H and O–H groups in total. The van der Waals surface area contributed by atoms with Crippen LogP contribution >= 0.6 is 23.5 Å². The lowest BCUT2D eigenvalue weighted by Gasteiger charge is -2.28. The van der Waals surface area contributed by atoms with Crippen LogP contribution in [0.4, 0.5) is 8.78 Å². The van der Waals surface area contributed by atoms with Gasteiger partial charge in [0.15, 0.2) is 6.10 Å². The minimum atomic E-state index is -5.90. The van der Waals surface area contributed by atoms with Gasteiger partial charge in [-0.3, -0.25) is 18.9 Å². The lowest BCUT2D eigenvalue weighted by Crippen LogP contribution is -2.48. The van der Waals surface area contributed by atoms with Gasteiger partial charge in [0.05, 0.1) is 6.61 Å². The van der Waals surface area contributed by atoms with E-state index < -0.39 is 65.2 Å². The first-order valence-electron chi connectivity index (χ1n) is 7.81. The predicted octanol–water partition coefficient (Wildman–Crippen LogP) is -0.670. The number of halogens is 2. The first kappa shape index (κ1) is 26.9. The smallest absolute Gasteiger partial charge is 0.383 e. The molecule has 182 valence electrons. The Labute approximate surface area is 175 Å². The topological polar surface area (TPSA) is 244 Å². The number of phosphoric ester groups is 1. The van der Waals surface area contributed by atoms with Gasteiger partial charge < -0.3 is 29.4 Å². The largest absolute Gasteiger partial charge is 0.490 e. The molecule has 21 heteroatoms. The van der Waals surface area contributed by atoms with E-state index in [0.717, 1.165) is 0 Å². The molecule has 0 aliphatic carbocycles. The molecule has 1 saturated heterocycles. The van der Waals surface area contributed by atoms with Crippen molar-refractivity contribution in [1.82, 2.24) is 9.55 Å². The minimum Gasteiger partial charge on any atom is -0.383 e. The van der Waals surface area contributed by atoms with Crippen LogP contribution in [0.3, 0.4) is 0 Å². The maximum absolute atomic E-state index is 14.6. The highest BCUT2D eigenvalue weighted by Crippen LogP contribution is 2.66. The molecular weight excluding hydrogens is 515 g/mol. The molecule has 0 radical (unpaired) electrons. The highest BCUT2D eigenvalue weighted by Gasteiger charge is 2.66. The van der Waals surface area contributed by atoms with Gasteiger partial charge in [0.1, 0.15) is 5.60 Å². The van der Waals surface area contributed by atoms with Gasteiger partial charge in [0.2, 0.25) is 6.23 Å². The van der Waals surface area contributed by atoms with Gasteiger partial charge in [-0.25, -0.2) is 18.5 Å². The SMILES string of the molecule is C=CC1(COP(=O)(O)OP(=O)(O)OP(=O)(O)O)O[C@@H](n2ccc(=O)[nH]c2=O)C(F)(F)[C@@H]1O. The van der Waals surface area contributed by atoms with Crippen LogP contribution < -0.4 is 11.2 Å². The van der Waals surface area contributed by atoms with E-state index in [1.807, 2.05) is 0 Å². The molecule has 0 aromatic carbocycles. The minimum absolute atomic E-state index is 0.195. The Kier molecular flexibility index (Phi) is 7.35. The average Bonchev–Trinajstić information content (AvgIpc) is 2.78. The van der Waals surface area contributed by atoms with Gasteiger partial charge in [0.25, 0.3) is 5.56 Å². The summed E-state index contributed by atoms with van der Waals surface area (Å²) >= 11 is 0. The average molecular weight is 530 g/mol. The molecule has 0 bridgehead atoms. The molecule has 2 rings (SSSR count). The number of rotatable bonds is 9. The number of nitrogens with one attached hydrogen (secondary N) is 1. The number of aliphatic hydroxyl groups is 1. The van der Waals surface area contributed by atoms with E-state index in [1.54, 1.807) is 4.98 Å². The number of hydrogen-bond donors (Lipinski definition) is 6. The second-order valence-corrected chi connectivity index (χ2v) is 10.5. The molecule has 0 spiro atoms. The molecule has 1 aromatic heterocycles. The van der Waals surface area contributed by atoms with Crippen LogP contribution in [0.1, 0.15) is 6.23 Å². The lowest BCUT2D eigenvalue weighted by molar-refractivity contribution is -0.142. The van der Waals surface area contributed by atoms with Crippen LogP contribution in [0.5, 0.6) is 0 Å². The van der Waals surface area contributed by atoms with Gasteiger partial charge in [-0.05, 0) is 0 Å². The summed E-state index contributed by atoms with van der Waals surface area (Å²) in [7, 11) is -17.3. The molecule has 1 fully saturated rings. The lowest BCUT2D eigenvalue weighted by atomic mass is 9.95. The Morgan fingerprint density at radius 2 is 1.78 bits per heavy atom. The standard InChI is InChI=1S/C11H15F2N2O14P3/c1-2-10(5-26-31(22,23)29-32(24,25)28-30(19,20)21)7(17)11(12,13)8(27-10)15-4-3-6(16)14-9(15)18/h2-4,7-8,17H,1,5H2,(H,22,23)(H,24,25)(H,14,16,18)(H2,19,20,21)/t7-,8-,10?/m1/s1. The number of ether oxygens (including phenoxy) is 1. The molecule has 0 amide bonds. The molecule has 2 heterocycles. The van der Waals surface area contributed by atoms with Crippen LogP contribution in [0.2, 0.25) is 0 Å². The Morgan fingerprint density at radius 1 is 1.19 bits per heavy atom. The van der Waals surface area contributed by atoms with E-state index in [4.69, 9.17) is 19.4 Å². The fourth-order valence-electron chi connectivity index (χ4n) is 2.48. The zero-order valence-corrected chi connectivity index (χ0v) is 17.9. The maximum atomic E-state index is 14.6. The fraction of sp³-hybridized carbons (Fsp3) is 0.455. The quantitative estimate of drug-likeness (QED) is 0.171. The zero-order valence-electron chi connectivity index (χ0n) is 15.3. The summed E-state index contributed by atoms with van der Waals surface area (Å²) in [6.45, 7) is 1.62. The van der Waals surface area contributed by atoms with Crippen LogP contribution in [0.15, 0.2) is 34.5 Å². The van der Waals surface area contributed by atoms with Crippen molar-refractivity contribution in [3.8, 4) is 0 Å². The number of phosphoric acid groups is 3. The van der Waals surface area contributed by atoms with Gasteiger partial charge in [0, 0.05) is 12.3 Å². The van der Waals surface area contributed by atoms with Crippen molar-refractivity contribution in [3.05, 3.63) is 45.8 Å². The molecule has 32 heavy (non-hydrogen) atoms. The summed E-state index contributed by atoms with van der Waals surface area (Å²) in [5, 5.41) is 10.1. The van der Waals surface area contributed by atoms with Crippen molar-refractivity contribution < 1.29 is 65.0 Å². The van der Waals surface area contributed by atoms with E-state index in [1.165, 1.54) is 0 Å². The van der Waals surface area contributed by atoms with E-state index in [2.05, 4.69) is 19.7 Å². The second-order valence-electron chi connectivity index (χ2n) is 6.09. The summed E-state index contributed by atoms with van der Waals surface area (Å²) in [4.78, 5) is 60.1. The third-order valence-corrected chi connectivity index (χ3v) is 7.59. The Morgan fingerprint density at radius 3 is 2.28 bits per heavy atom. The molecule has 5 atom stereocenters. The second kappa shape index (κ2) is 8.76. The first-order valence-corrected chi connectivity index (χ1v) is 12.3. The Balaban J connectivity index is 2.29. The number of aromatic nitrogens is 2. The number of alkyl halides is 2. The summed E-state index contributed by atoms with van der Waals surface area (Å²) in [6.07, 6.45) is -4.34. The summed E-state index contributed by atoms with van der Waals surface area (Å²) in [5.74, 6) is -4.28. The number of aliphatic hydroxyl groups excluding tert-OH is 1. The zero-order chi connectivity index (χ0) is 24.8. The number of aromatic amines is 1. The first-order chi connectivity index (χ1) is 14.3. The van der Waals surface area contributed by atoms with Crippen LogP contribution in [0, 0.1) is 0 Å². The van der Waals surface area contributed by atoms with Gasteiger partial charge in [-0.15, -0.1) is 6.58 Å². The van der Waals surface area contributed by atoms with E-state index in [9.17, 15) is 42.1 Å². The molecule has 1 aliphatic heterocycles. The Bertz CT molecular complexity index is 1150. The van der Waals surface area contributed by atoms with E-state index in [-0.39, 0.29) is 4.57 Å². The molecular formula is C11H15F2N2O14P3. The maximum Gasteiger partial charge on any atom is 0.490 e. The normalized spacial score (nSPS) is 29.2. The van der Waals surface area contributed by atoms with Gasteiger partial charge in [-0.1, -0.05) is 6.08 Å². The monoisotopic (exact) mass is 530 g/mol. The number of hydrogen-bond acceptors (Lipinski definition) is 10. The van der Waals surface area contributed by atoms with Gasteiger partial charge >= 0.3 is 35.1 Å². The van der Waals surface area contributed by atoms with Crippen molar-refractivity contribution >= 4 is 23.5 Å². The van der Waals surface area contributed by atoms with Crippen molar-refractivity contribution in [2.24, 2.45) is 0 Å².